The number of nitrogens with one attached hydrogen (secondary N) is 1. The Morgan fingerprint density at radius 3 is 2.48 bits per heavy atom. The lowest BCUT2D eigenvalue weighted by Gasteiger charge is -2.30. The summed E-state index contributed by atoms with van der Waals surface area (Å²) in [4.78, 5) is 36.9. The Labute approximate surface area is 139 Å². The summed E-state index contributed by atoms with van der Waals surface area (Å²) in [5.41, 5.74) is 0.701. The van der Waals surface area contributed by atoms with Crippen LogP contribution in [0.1, 0.15) is 30.1 Å². The van der Waals surface area contributed by atoms with Gasteiger partial charge in [0.15, 0.2) is 0 Å². The highest BCUT2D eigenvalue weighted by Gasteiger charge is 2.26. The van der Waals surface area contributed by atoms with E-state index in [-0.39, 0.29) is 17.7 Å². The highest BCUT2D eigenvalue weighted by Crippen LogP contribution is 2.26. The Morgan fingerprint density at radius 2 is 1.91 bits per heavy atom. The van der Waals surface area contributed by atoms with Gasteiger partial charge in [-0.3, -0.25) is 9.59 Å². The van der Waals surface area contributed by atoms with E-state index >= 15 is 0 Å². The standard InChI is InChI=1S/C16H19ClN2O4/c1-10(20)19-7-5-11(6-8-19)15(21)18-14-9-12(16(22)23-2)3-4-13(14)17/h3-4,9,11H,5-8H2,1-2H3,(H,18,21). The number of nitrogens with zero attached hydrogens (tertiary/aromatic N) is 1. The van der Waals surface area contributed by atoms with Crippen LogP contribution in [0.5, 0.6) is 0 Å². The van der Waals surface area contributed by atoms with Crippen molar-refractivity contribution in [2.45, 2.75) is 19.8 Å². The van der Waals surface area contributed by atoms with Gasteiger partial charge in [0.2, 0.25) is 11.8 Å². The summed E-state index contributed by atoms with van der Waals surface area (Å²) in [6, 6.07) is 4.58. The van der Waals surface area contributed by atoms with Crippen LogP contribution in [-0.2, 0) is 14.3 Å². The number of hydrogen-bond acceptors (Lipinski definition) is 4. The Balaban J connectivity index is 2.03. The van der Waals surface area contributed by atoms with Crippen molar-refractivity contribution >= 4 is 35.1 Å². The van der Waals surface area contributed by atoms with E-state index in [0.717, 1.165) is 0 Å². The van der Waals surface area contributed by atoms with Crippen molar-refractivity contribution in [3.63, 3.8) is 0 Å². The molecule has 1 N–H and O–H groups in total. The number of hydrogen-bond donors (Lipinski definition) is 1. The normalized spacial score (nSPS) is 15.2. The van der Waals surface area contributed by atoms with Crippen molar-refractivity contribution in [3.05, 3.63) is 28.8 Å². The molecular formula is C16H19ClN2O4. The number of piperidine rings is 1. The molecule has 1 fully saturated rings. The Hall–Kier alpha value is -2.08. The van der Waals surface area contributed by atoms with Crippen LogP contribution in [0.25, 0.3) is 0 Å². The smallest absolute Gasteiger partial charge is 0.337 e. The first-order valence-corrected chi connectivity index (χ1v) is 7.74. The van der Waals surface area contributed by atoms with E-state index < -0.39 is 5.97 Å². The minimum atomic E-state index is -0.494. The third-order valence-corrected chi connectivity index (χ3v) is 4.29. The van der Waals surface area contributed by atoms with Gasteiger partial charge >= 0.3 is 5.97 Å². The van der Waals surface area contributed by atoms with Gasteiger partial charge in [-0.25, -0.2) is 4.79 Å². The topological polar surface area (TPSA) is 75.7 Å². The SMILES string of the molecule is COC(=O)c1ccc(Cl)c(NC(=O)C2CCN(C(C)=O)CC2)c1. The largest absolute Gasteiger partial charge is 0.465 e. The molecule has 2 amide bonds. The number of carbonyl (C=O) groups excluding carboxylic acids is 3. The van der Waals surface area contributed by atoms with Crippen LogP contribution in [0.15, 0.2) is 18.2 Å². The molecule has 1 heterocycles. The average Bonchev–Trinajstić information content (AvgIpc) is 2.56. The van der Waals surface area contributed by atoms with E-state index in [1.165, 1.54) is 26.2 Å². The Bertz CT molecular complexity index is 625. The Kier molecular flexibility index (Phi) is 5.60. The first-order chi connectivity index (χ1) is 10.9. The molecule has 124 valence electrons. The number of esters is 1. The monoisotopic (exact) mass is 338 g/mol. The maximum absolute atomic E-state index is 12.4. The van der Waals surface area contributed by atoms with Gasteiger partial charge in [-0.1, -0.05) is 11.6 Å². The number of methoxy groups -OCH3 is 1. The summed E-state index contributed by atoms with van der Waals surface area (Å²) in [7, 11) is 1.29. The molecular weight excluding hydrogens is 320 g/mol. The third-order valence-electron chi connectivity index (χ3n) is 3.96. The predicted molar refractivity (Wildman–Crippen MR) is 86.4 cm³/mol. The predicted octanol–water partition coefficient (Wildman–Crippen LogP) is 2.32. The lowest BCUT2D eigenvalue weighted by atomic mass is 9.95. The molecule has 7 heteroatoms. The molecule has 0 atom stereocenters. The third kappa shape index (κ3) is 4.22. The van der Waals surface area contributed by atoms with Crippen molar-refractivity contribution < 1.29 is 19.1 Å². The van der Waals surface area contributed by atoms with Gasteiger partial charge in [0.25, 0.3) is 0 Å². The molecule has 6 nitrogen and oxygen atoms in total. The number of anilines is 1. The number of likely N-dealkylation sites (tertiary alicyclic amines) is 1. The van der Waals surface area contributed by atoms with Gasteiger partial charge in [-0.2, -0.15) is 0 Å². The lowest BCUT2D eigenvalue weighted by Crippen LogP contribution is -2.40. The fourth-order valence-electron chi connectivity index (χ4n) is 2.56. The van der Waals surface area contributed by atoms with Gasteiger partial charge in [-0.05, 0) is 31.0 Å². The van der Waals surface area contributed by atoms with Gasteiger partial charge in [-0.15, -0.1) is 0 Å². The van der Waals surface area contributed by atoms with Crippen molar-refractivity contribution in [1.29, 1.82) is 0 Å². The van der Waals surface area contributed by atoms with Crippen molar-refractivity contribution in [2.75, 3.05) is 25.5 Å². The van der Waals surface area contributed by atoms with Crippen LogP contribution < -0.4 is 5.32 Å². The maximum Gasteiger partial charge on any atom is 0.337 e. The van der Waals surface area contributed by atoms with Gasteiger partial charge in [0.05, 0.1) is 23.4 Å². The van der Waals surface area contributed by atoms with E-state index in [1.54, 1.807) is 11.0 Å². The molecule has 0 radical (unpaired) electrons. The second-order valence-corrected chi connectivity index (χ2v) is 5.86. The van der Waals surface area contributed by atoms with Gasteiger partial charge in [0.1, 0.15) is 0 Å². The van der Waals surface area contributed by atoms with Crippen LogP contribution >= 0.6 is 11.6 Å². The minimum absolute atomic E-state index is 0.0256. The lowest BCUT2D eigenvalue weighted by molar-refractivity contribution is -0.132. The van der Waals surface area contributed by atoms with Crippen molar-refractivity contribution in [3.8, 4) is 0 Å². The number of carbonyl (C=O) groups is 3. The zero-order valence-corrected chi connectivity index (χ0v) is 13.9. The Morgan fingerprint density at radius 1 is 1.26 bits per heavy atom. The number of rotatable bonds is 3. The zero-order valence-electron chi connectivity index (χ0n) is 13.1. The van der Waals surface area contributed by atoms with Crippen LogP contribution in [0.4, 0.5) is 5.69 Å². The summed E-state index contributed by atoms with van der Waals surface area (Å²) in [5, 5.41) is 3.12. The molecule has 0 aliphatic carbocycles. The number of amides is 2. The van der Waals surface area contributed by atoms with E-state index in [1.807, 2.05) is 0 Å². The fraction of sp³-hybridized carbons (Fsp3) is 0.438. The summed E-state index contributed by atoms with van der Waals surface area (Å²) < 4.78 is 4.65. The molecule has 1 aromatic carbocycles. The van der Waals surface area contributed by atoms with Crippen molar-refractivity contribution in [1.82, 2.24) is 4.90 Å². The minimum Gasteiger partial charge on any atom is -0.465 e. The number of benzene rings is 1. The molecule has 1 aliphatic heterocycles. The van der Waals surface area contributed by atoms with Crippen LogP contribution in [-0.4, -0.2) is 42.9 Å². The molecule has 0 spiro atoms. The molecule has 1 aromatic rings. The zero-order chi connectivity index (χ0) is 17.0. The second-order valence-electron chi connectivity index (χ2n) is 5.46. The maximum atomic E-state index is 12.4. The van der Waals surface area contributed by atoms with Gasteiger partial charge < -0.3 is 15.0 Å². The molecule has 1 aliphatic rings. The molecule has 1 saturated heterocycles. The van der Waals surface area contributed by atoms with Crippen LogP contribution in [0.3, 0.4) is 0 Å². The van der Waals surface area contributed by atoms with Gasteiger partial charge in [0, 0.05) is 25.9 Å². The number of halogens is 1. The summed E-state index contributed by atoms with van der Waals surface area (Å²) >= 11 is 6.07. The summed E-state index contributed by atoms with van der Waals surface area (Å²) in [6.45, 7) is 2.67. The van der Waals surface area contributed by atoms with Crippen LogP contribution in [0.2, 0.25) is 5.02 Å². The summed E-state index contributed by atoms with van der Waals surface area (Å²) in [6.07, 6.45) is 1.22. The van der Waals surface area contributed by atoms with E-state index in [0.29, 0.717) is 42.2 Å². The number of ether oxygens (including phenoxy) is 1. The quantitative estimate of drug-likeness (QED) is 0.858. The molecule has 0 saturated carbocycles. The molecule has 0 unspecified atom stereocenters. The average molecular weight is 339 g/mol. The first-order valence-electron chi connectivity index (χ1n) is 7.36. The molecule has 0 aromatic heterocycles. The van der Waals surface area contributed by atoms with Crippen molar-refractivity contribution in [2.24, 2.45) is 5.92 Å². The molecule has 0 bridgehead atoms. The van der Waals surface area contributed by atoms with Crippen LogP contribution in [0, 0.1) is 5.92 Å². The molecule has 23 heavy (non-hydrogen) atoms. The van der Waals surface area contributed by atoms with E-state index in [2.05, 4.69) is 10.1 Å². The van der Waals surface area contributed by atoms with E-state index in [9.17, 15) is 14.4 Å². The van der Waals surface area contributed by atoms with E-state index in [4.69, 9.17) is 11.6 Å². The highest BCUT2D eigenvalue weighted by molar-refractivity contribution is 6.33. The summed E-state index contributed by atoms with van der Waals surface area (Å²) in [5.74, 6) is -0.801. The fourth-order valence-corrected chi connectivity index (χ4v) is 2.72. The first kappa shape index (κ1) is 17.3. The second kappa shape index (κ2) is 7.46. The molecule has 2 rings (SSSR count). The highest BCUT2D eigenvalue weighted by atomic mass is 35.5.